The van der Waals surface area contributed by atoms with Crippen molar-refractivity contribution >= 4 is 29.3 Å². The third-order valence-electron chi connectivity index (χ3n) is 3.84. The predicted molar refractivity (Wildman–Crippen MR) is 102 cm³/mol. The quantitative estimate of drug-likeness (QED) is 0.689. The van der Waals surface area contributed by atoms with Crippen LogP contribution in [-0.4, -0.2) is 26.1 Å². The minimum Gasteiger partial charge on any atom is -0.323 e. The number of aromatic nitrogens is 4. The van der Waals surface area contributed by atoms with E-state index >= 15 is 0 Å². The molecule has 0 radical (unpaired) electrons. The fourth-order valence-corrected chi connectivity index (χ4v) is 2.62. The van der Waals surface area contributed by atoms with Gasteiger partial charge in [0, 0.05) is 22.3 Å². The molecule has 1 N–H and O–H groups in total. The average Bonchev–Trinajstić information content (AvgIpc) is 3.15. The molecule has 0 bridgehead atoms. The number of nitrogens with zero attached hydrogens (tertiary/aromatic N) is 4. The first-order valence-electron chi connectivity index (χ1n) is 8.15. The van der Waals surface area contributed by atoms with Gasteiger partial charge in [-0.25, -0.2) is 0 Å². The summed E-state index contributed by atoms with van der Waals surface area (Å²) in [5.74, 6) is 0.220. The molecule has 2 aromatic carbocycles. The first-order chi connectivity index (χ1) is 12.5. The molecule has 1 amide bonds. The van der Waals surface area contributed by atoms with Crippen molar-refractivity contribution in [2.24, 2.45) is 0 Å². The first-order valence-corrected chi connectivity index (χ1v) is 8.52. The predicted octanol–water partition coefficient (Wildman–Crippen LogP) is 4.09. The van der Waals surface area contributed by atoms with Gasteiger partial charge in [0.15, 0.2) is 0 Å². The summed E-state index contributed by atoms with van der Waals surface area (Å²) in [6.07, 6.45) is 4.62. The molecule has 132 valence electrons. The summed E-state index contributed by atoms with van der Waals surface area (Å²) in [4.78, 5) is 12.2. The summed E-state index contributed by atoms with van der Waals surface area (Å²) in [5.41, 5.74) is 3.43. The summed E-state index contributed by atoms with van der Waals surface area (Å²) in [5, 5.41) is 14.5. The highest BCUT2D eigenvalue weighted by molar-refractivity contribution is 6.30. The van der Waals surface area contributed by atoms with E-state index in [0.717, 1.165) is 16.9 Å². The van der Waals surface area contributed by atoms with E-state index in [2.05, 4.69) is 34.7 Å². The monoisotopic (exact) mass is 367 g/mol. The van der Waals surface area contributed by atoms with Crippen LogP contribution in [0.25, 0.3) is 11.8 Å². The van der Waals surface area contributed by atoms with Crippen LogP contribution < -0.4 is 5.32 Å². The molecule has 0 saturated carbocycles. The number of benzene rings is 2. The molecule has 0 saturated heterocycles. The zero-order valence-corrected chi connectivity index (χ0v) is 15.2. The lowest BCUT2D eigenvalue weighted by Crippen LogP contribution is -2.08. The Morgan fingerprint density at radius 2 is 1.96 bits per heavy atom. The molecule has 0 atom stereocenters. The molecule has 0 fully saturated rings. The fraction of sp³-hybridized carbons (Fsp3) is 0.158. The number of halogens is 1. The number of tetrazole rings is 1. The van der Waals surface area contributed by atoms with Gasteiger partial charge in [-0.05, 0) is 58.3 Å². The number of hydrogen-bond acceptors (Lipinski definition) is 4. The topological polar surface area (TPSA) is 72.7 Å². The number of anilines is 1. The van der Waals surface area contributed by atoms with E-state index in [9.17, 15) is 4.79 Å². The molecule has 3 aromatic rings. The molecular weight excluding hydrogens is 350 g/mol. The smallest absolute Gasteiger partial charge is 0.248 e. The highest BCUT2D eigenvalue weighted by atomic mass is 35.5. The van der Waals surface area contributed by atoms with Crippen molar-refractivity contribution in [1.82, 2.24) is 20.2 Å². The molecule has 6 nitrogen and oxygen atoms in total. The van der Waals surface area contributed by atoms with Crippen LogP contribution in [0.1, 0.15) is 30.9 Å². The van der Waals surface area contributed by atoms with E-state index < -0.39 is 0 Å². The number of nitrogens with one attached hydrogen (secondary N) is 1. The van der Waals surface area contributed by atoms with E-state index in [-0.39, 0.29) is 5.91 Å². The molecule has 1 heterocycles. The van der Waals surface area contributed by atoms with E-state index in [4.69, 9.17) is 11.6 Å². The second-order valence-electron chi connectivity index (χ2n) is 6.06. The Labute approximate surface area is 156 Å². The van der Waals surface area contributed by atoms with Crippen molar-refractivity contribution in [1.29, 1.82) is 0 Å². The highest BCUT2D eigenvalue weighted by Gasteiger charge is 2.06. The lowest BCUT2D eigenvalue weighted by Gasteiger charge is -2.07. The molecule has 3 rings (SSSR count). The minimum absolute atomic E-state index is 0.232. The molecule has 0 aliphatic heterocycles. The first kappa shape index (κ1) is 17.8. The third kappa shape index (κ3) is 4.34. The third-order valence-corrected chi connectivity index (χ3v) is 4.08. The molecule has 0 aliphatic rings. The van der Waals surface area contributed by atoms with Gasteiger partial charge in [-0.3, -0.25) is 4.79 Å². The van der Waals surface area contributed by atoms with Crippen LogP contribution in [0.2, 0.25) is 5.02 Å². The molecule has 0 unspecified atom stereocenters. The van der Waals surface area contributed by atoms with Crippen LogP contribution in [-0.2, 0) is 4.79 Å². The van der Waals surface area contributed by atoms with Crippen molar-refractivity contribution < 1.29 is 4.79 Å². The molecule has 1 aromatic heterocycles. The fourth-order valence-electron chi connectivity index (χ4n) is 2.44. The Hall–Kier alpha value is -2.99. The summed E-state index contributed by atoms with van der Waals surface area (Å²) < 4.78 is 1.51. The number of carbonyl (C=O) groups is 1. The molecule has 7 heteroatoms. The Bertz CT molecular complexity index is 918. The molecule has 0 aliphatic carbocycles. The number of hydrogen-bond donors (Lipinski definition) is 1. The normalized spacial score (nSPS) is 11.2. The summed E-state index contributed by atoms with van der Waals surface area (Å²) in [6, 6.07) is 13.1. The SMILES string of the molecule is CC(C)c1ccc(NC(=O)/C=C/c2cc(Cl)ccc2-n2cnnn2)cc1. The summed E-state index contributed by atoms with van der Waals surface area (Å²) in [6.45, 7) is 4.26. The molecule has 0 spiro atoms. The van der Waals surface area contributed by atoms with Crippen LogP contribution in [0.4, 0.5) is 5.69 Å². The minimum atomic E-state index is -0.232. The van der Waals surface area contributed by atoms with Crippen molar-refractivity contribution in [2.45, 2.75) is 19.8 Å². The van der Waals surface area contributed by atoms with Crippen LogP contribution >= 0.6 is 11.6 Å². The zero-order valence-electron chi connectivity index (χ0n) is 14.4. The van der Waals surface area contributed by atoms with E-state index in [1.54, 1.807) is 24.3 Å². The second-order valence-corrected chi connectivity index (χ2v) is 6.49. The molecular formula is C19H18ClN5O. The summed E-state index contributed by atoms with van der Waals surface area (Å²) in [7, 11) is 0. The zero-order chi connectivity index (χ0) is 18.5. The van der Waals surface area contributed by atoms with Gasteiger partial charge in [0.05, 0.1) is 5.69 Å². The van der Waals surface area contributed by atoms with E-state index in [0.29, 0.717) is 10.9 Å². The van der Waals surface area contributed by atoms with Crippen LogP contribution in [0.3, 0.4) is 0 Å². The maximum absolute atomic E-state index is 12.2. The van der Waals surface area contributed by atoms with Gasteiger partial charge in [0.25, 0.3) is 0 Å². The van der Waals surface area contributed by atoms with Gasteiger partial charge < -0.3 is 5.32 Å². The van der Waals surface area contributed by atoms with E-state index in [1.807, 2.05) is 24.3 Å². The standard InChI is InChI=1S/C19H18ClN5O/c1-13(2)14-3-7-17(8-4-14)22-19(26)10-5-15-11-16(20)6-9-18(15)25-12-21-23-24-25/h3-13H,1-2H3,(H,22,26)/b10-5+. The second kappa shape index (κ2) is 7.93. The molecule has 26 heavy (non-hydrogen) atoms. The van der Waals surface area contributed by atoms with Gasteiger partial charge in [-0.2, -0.15) is 4.68 Å². The Morgan fingerprint density at radius 3 is 2.62 bits per heavy atom. The van der Waals surface area contributed by atoms with Crippen LogP contribution in [0.5, 0.6) is 0 Å². The maximum Gasteiger partial charge on any atom is 0.248 e. The van der Waals surface area contributed by atoms with Crippen molar-refractivity contribution in [3.05, 3.63) is 71.0 Å². The number of rotatable bonds is 5. The van der Waals surface area contributed by atoms with Gasteiger partial charge in [-0.1, -0.05) is 37.6 Å². The van der Waals surface area contributed by atoms with Crippen LogP contribution in [0, 0.1) is 0 Å². The number of amides is 1. The van der Waals surface area contributed by atoms with Gasteiger partial charge in [-0.15, -0.1) is 5.10 Å². The Balaban J connectivity index is 1.75. The van der Waals surface area contributed by atoms with Crippen molar-refractivity contribution in [3.8, 4) is 5.69 Å². The van der Waals surface area contributed by atoms with E-state index in [1.165, 1.54) is 22.6 Å². The number of carbonyl (C=O) groups excluding carboxylic acids is 1. The average molecular weight is 368 g/mol. The van der Waals surface area contributed by atoms with Gasteiger partial charge in [0.1, 0.15) is 6.33 Å². The van der Waals surface area contributed by atoms with Crippen molar-refractivity contribution in [2.75, 3.05) is 5.32 Å². The Kier molecular flexibility index (Phi) is 5.43. The maximum atomic E-state index is 12.2. The summed E-state index contributed by atoms with van der Waals surface area (Å²) >= 11 is 6.07. The largest absolute Gasteiger partial charge is 0.323 e. The van der Waals surface area contributed by atoms with Crippen LogP contribution in [0.15, 0.2) is 54.9 Å². The van der Waals surface area contributed by atoms with Crippen molar-refractivity contribution in [3.63, 3.8) is 0 Å². The highest BCUT2D eigenvalue weighted by Crippen LogP contribution is 2.21. The lowest BCUT2D eigenvalue weighted by molar-refractivity contribution is -0.111. The van der Waals surface area contributed by atoms with Gasteiger partial charge in [0.2, 0.25) is 5.91 Å². The van der Waals surface area contributed by atoms with Gasteiger partial charge >= 0.3 is 0 Å². The lowest BCUT2D eigenvalue weighted by atomic mass is 10.0. The Morgan fingerprint density at radius 1 is 1.19 bits per heavy atom.